The molecule has 114 valence electrons. The van der Waals surface area contributed by atoms with Crippen molar-refractivity contribution >= 4 is 55.8 Å². The molecule has 0 N–H and O–H groups in total. The van der Waals surface area contributed by atoms with Crippen molar-refractivity contribution in [3.63, 3.8) is 0 Å². The third-order valence-corrected chi connectivity index (χ3v) is 4.07. The monoisotopic (exact) mass is 389 g/mol. The van der Waals surface area contributed by atoms with Gasteiger partial charge in [0.2, 0.25) is 0 Å². The molecule has 0 aliphatic heterocycles. The first-order valence-corrected chi connectivity index (χ1v) is 7.81. The first-order valence-electron chi connectivity index (χ1n) is 6.64. The summed E-state index contributed by atoms with van der Waals surface area (Å²) in [6.45, 7) is 0. The van der Waals surface area contributed by atoms with E-state index in [9.17, 15) is 0 Å². The fourth-order valence-electron chi connectivity index (χ4n) is 2.38. The summed E-state index contributed by atoms with van der Waals surface area (Å²) in [6, 6.07) is 5.60. The summed E-state index contributed by atoms with van der Waals surface area (Å²) in [4.78, 5) is 15.0. The van der Waals surface area contributed by atoms with Gasteiger partial charge in [-0.1, -0.05) is 11.6 Å². The van der Waals surface area contributed by atoms with Gasteiger partial charge in [-0.15, -0.1) is 10.2 Å². The minimum Gasteiger partial charge on any atom is -0.312 e. The van der Waals surface area contributed by atoms with Gasteiger partial charge < -0.3 is 4.90 Å². The zero-order chi connectivity index (χ0) is 16.0. The second kappa shape index (κ2) is 5.39. The number of anilines is 2. The molecule has 0 fully saturated rings. The lowest BCUT2D eigenvalue weighted by Crippen LogP contribution is -2.14. The predicted octanol–water partition coefficient (Wildman–Crippen LogP) is 3.25. The van der Waals surface area contributed by atoms with Crippen molar-refractivity contribution in [2.24, 2.45) is 0 Å². The van der Waals surface area contributed by atoms with E-state index in [1.165, 1.54) is 0 Å². The Balaban J connectivity index is 2.01. The molecule has 7 nitrogen and oxygen atoms in total. The Labute approximate surface area is 144 Å². The van der Waals surface area contributed by atoms with Gasteiger partial charge >= 0.3 is 0 Å². The first kappa shape index (κ1) is 14.3. The molecule has 0 saturated heterocycles. The van der Waals surface area contributed by atoms with Crippen molar-refractivity contribution in [3.05, 3.63) is 46.5 Å². The minimum absolute atomic E-state index is 0.490. The molecule has 3 heterocycles. The molecule has 4 aromatic rings. The number of hydrogen-bond donors (Lipinski definition) is 0. The SMILES string of the molecule is CN(c1cncc(Br)n1)c1nc2nncn2c2cc(Cl)ccc12. The summed E-state index contributed by atoms with van der Waals surface area (Å²) < 4.78 is 2.45. The van der Waals surface area contributed by atoms with Crippen molar-refractivity contribution < 1.29 is 0 Å². The van der Waals surface area contributed by atoms with Gasteiger partial charge in [0.15, 0.2) is 5.82 Å². The maximum Gasteiger partial charge on any atom is 0.257 e. The van der Waals surface area contributed by atoms with Crippen LogP contribution in [-0.4, -0.2) is 36.6 Å². The normalized spacial score (nSPS) is 11.3. The summed E-state index contributed by atoms with van der Waals surface area (Å²) >= 11 is 9.47. The van der Waals surface area contributed by atoms with E-state index in [1.807, 2.05) is 30.1 Å². The molecule has 0 unspecified atom stereocenters. The molecule has 23 heavy (non-hydrogen) atoms. The Hall–Kier alpha value is -2.32. The van der Waals surface area contributed by atoms with Crippen LogP contribution >= 0.6 is 27.5 Å². The number of benzene rings is 1. The summed E-state index contributed by atoms with van der Waals surface area (Å²) in [5.74, 6) is 1.85. The lowest BCUT2D eigenvalue weighted by Gasteiger charge is -2.19. The molecule has 3 aromatic heterocycles. The highest BCUT2D eigenvalue weighted by Crippen LogP contribution is 2.30. The zero-order valence-corrected chi connectivity index (χ0v) is 14.2. The average Bonchev–Trinajstić information content (AvgIpc) is 3.02. The van der Waals surface area contributed by atoms with Gasteiger partial charge in [0.25, 0.3) is 5.78 Å². The molecular weight excluding hydrogens is 382 g/mol. The van der Waals surface area contributed by atoms with E-state index in [4.69, 9.17) is 11.6 Å². The smallest absolute Gasteiger partial charge is 0.257 e. The zero-order valence-electron chi connectivity index (χ0n) is 11.9. The minimum atomic E-state index is 0.490. The standard InChI is InChI=1S/C14H9BrClN7/c1-22(12-6-17-5-11(15)19-12)13-9-3-2-8(16)4-10(9)23-7-18-21-14(23)20-13/h2-7H,1H3. The third kappa shape index (κ3) is 2.40. The van der Waals surface area contributed by atoms with Crippen LogP contribution in [-0.2, 0) is 0 Å². The molecular formula is C14H9BrClN7. The number of rotatable bonds is 2. The molecule has 0 spiro atoms. The second-order valence-corrected chi connectivity index (χ2v) is 6.11. The lowest BCUT2D eigenvalue weighted by molar-refractivity contribution is 1.03. The molecule has 0 aliphatic carbocycles. The Morgan fingerprint density at radius 3 is 2.91 bits per heavy atom. The summed E-state index contributed by atoms with van der Waals surface area (Å²) in [7, 11) is 1.87. The van der Waals surface area contributed by atoms with Crippen LogP contribution < -0.4 is 4.90 Å². The summed E-state index contributed by atoms with van der Waals surface area (Å²) in [6.07, 6.45) is 4.91. The Morgan fingerprint density at radius 2 is 2.09 bits per heavy atom. The van der Waals surface area contributed by atoms with Gasteiger partial charge in [-0.05, 0) is 34.1 Å². The molecule has 0 amide bonds. The van der Waals surface area contributed by atoms with Crippen LogP contribution in [0.2, 0.25) is 5.02 Å². The van der Waals surface area contributed by atoms with Crippen LogP contribution in [0, 0.1) is 0 Å². The van der Waals surface area contributed by atoms with Crippen LogP contribution in [0.4, 0.5) is 11.6 Å². The highest BCUT2D eigenvalue weighted by molar-refractivity contribution is 9.10. The van der Waals surface area contributed by atoms with Crippen molar-refractivity contribution in [2.45, 2.75) is 0 Å². The number of fused-ring (bicyclic) bond motifs is 3. The molecule has 0 aliphatic rings. The third-order valence-electron chi connectivity index (χ3n) is 3.45. The van der Waals surface area contributed by atoms with Crippen LogP contribution in [0.3, 0.4) is 0 Å². The van der Waals surface area contributed by atoms with E-state index >= 15 is 0 Å². The van der Waals surface area contributed by atoms with Gasteiger partial charge in [-0.3, -0.25) is 9.38 Å². The largest absolute Gasteiger partial charge is 0.312 e. The van der Waals surface area contributed by atoms with Gasteiger partial charge in [0.05, 0.1) is 17.9 Å². The number of nitrogens with zero attached hydrogens (tertiary/aromatic N) is 7. The highest BCUT2D eigenvalue weighted by atomic mass is 79.9. The molecule has 0 bridgehead atoms. The number of halogens is 2. The molecule has 0 atom stereocenters. The van der Waals surface area contributed by atoms with Crippen molar-refractivity contribution in [3.8, 4) is 0 Å². The van der Waals surface area contributed by atoms with E-state index in [-0.39, 0.29) is 0 Å². The summed E-state index contributed by atoms with van der Waals surface area (Å²) in [5, 5.41) is 9.50. The fraction of sp³-hybridized carbons (Fsp3) is 0.0714. The molecule has 0 saturated carbocycles. The molecule has 0 radical (unpaired) electrons. The Bertz CT molecular complexity index is 1030. The lowest BCUT2D eigenvalue weighted by atomic mass is 10.2. The van der Waals surface area contributed by atoms with E-state index < -0.39 is 0 Å². The van der Waals surface area contributed by atoms with E-state index in [1.54, 1.807) is 23.1 Å². The van der Waals surface area contributed by atoms with Crippen LogP contribution in [0.5, 0.6) is 0 Å². The van der Waals surface area contributed by atoms with Crippen LogP contribution in [0.25, 0.3) is 16.7 Å². The fourth-order valence-corrected chi connectivity index (χ4v) is 2.85. The highest BCUT2D eigenvalue weighted by Gasteiger charge is 2.16. The first-order chi connectivity index (χ1) is 11.1. The van der Waals surface area contributed by atoms with Crippen molar-refractivity contribution in [2.75, 3.05) is 11.9 Å². The molecule has 9 heteroatoms. The van der Waals surface area contributed by atoms with Crippen molar-refractivity contribution in [1.29, 1.82) is 0 Å². The van der Waals surface area contributed by atoms with Gasteiger partial charge in [0, 0.05) is 17.5 Å². The van der Waals surface area contributed by atoms with E-state index in [0.717, 1.165) is 10.9 Å². The quantitative estimate of drug-likeness (QED) is 0.523. The van der Waals surface area contributed by atoms with Crippen LogP contribution in [0.1, 0.15) is 0 Å². The van der Waals surface area contributed by atoms with E-state index in [2.05, 4.69) is 41.1 Å². The van der Waals surface area contributed by atoms with Crippen LogP contribution in [0.15, 0.2) is 41.5 Å². The second-order valence-electron chi connectivity index (χ2n) is 4.86. The van der Waals surface area contributed by atoms with Gasteiger partial charge in [0.1, 0.15) is 16.7 Å². The predicted molar refractivity (Wildman–Crippen MR) is 91.1 cm³/mol. The number of aromatic nitrogens is 6. The topological polar surface area (TPSA) is 72.1 Å². The average molecular weight is 391 g/mol. The van der Waals surface area contributed by atoms with Crippen molar-refractivity contribution in [1.82, 2.24) is 29.5 Å². The summed E-state index contributed by atoms with van der Waals surface area (Å²) in [5.41, 5.74) is 0.873. The Morgan fingerprint density at radius 1 is 1.22 bits per heavy atom. The van der Waals surface area contributed by atoms with Gasteiger partial charge in [-0.25, -0.2) is 4.98 Å². The molecule has 4 rings (SSSR count). The number of hydrogen-bond acceptors (Lipinski definition) is 6. The maximum absolute atomic E-state index is 6.14. The Kier molecular flexibility index (Phi) is 3.35. The maximum atomic E-state index is 6.14. The van der Waals surface area contributed by atoms with Gasteiger partial charge in [-0.2, -0.15) is 4.98 Å². The molecule has 1 aromatic carbocycles. The van der Waals surface area contributed by atoms with E-state index in [0.29, 0.717) is 27.0 Å².